The van der Waals surface area contributed by atoms with Crippen molar-refractivity contribution in [1.82, 2.24) is 4.90 Å². The van der Waals surface area contributed by atoms with Gasteiger partial charge in [0, 0.05) is 23.1 Å². The van der Waals surface area contributed by atoms with Crippen LogP contribution in [0.1, 0.15) is 34.3 Å². The number of hydrogen-bond acceptors (Lipinski definition) is 3. The van der Waals surface area contributed by atoms with Crippen LogP contribution in [0.3, 0.4) is 0 Å². The molecule has 1 fully saturated rings. The number of ether oxygens (including phenoxy) is 1. The Morgan fingerprint density at radius 2 is 1.59 bits per heavy atom. The standard InChI is InChI=1S/C21H19BrF3NO3/c22-18-7-3-15(4-8-18)19(27)26-11-9-16(10-12-26)20(28)29-13-14-1-5-17(6-2-14)21(23,24)25/h1-8,16H,9-13H2. The van der Waals surface area contributed by atoms with Crippen LogP contribution >= 0.6 is 15.9 Å². The first-order valence-corrected chi connectivity index (χ1v) is 9.91. The van der Waals surface area contributed by atoms with E-state index in [4.69, 9.17) is 4.74 Å². The third-order valence-electron chi connectivity index (χ3n) is 4.87. The number of likely N-dealkylation sites (tertiary alicyclic amines) is 1. The molecule has 154 valence electrons. The quantitative estimate of drug-likeness (QED) is 0.587. The molecule has 0 unspecified atom stereocenters. The zero-order valence-electron chi connectivity index (χ0n) is 15.4. The molecular weight excluding hydrogens is 451 g/mol. The summed E-state index contributed by atoms with van der Waals surface area (Å²) in [5.41, 5.74) is 0.348. The number of carbonyl (C=O) groups is 2. The fourth-order valence-corrected chi connectivity index (χ4v) is 3.42. The van der Waals surface area contributed by atoms with E-state index in [1.165, 1.54) is 12.1 Å². The number of carbonyl (C=O) groups excluding carboxylic acids is 2. The highest BCUT2D eigenvalue weighted by molar-refractivity contribution is 9.10. The minimum Gasteiger partial charge on any atom is -0.461 e. The van der Waals surface area contributed by atoms with Crippen molar-refractivity contribution in [2.75, 3.05) is 13.1 Å². The van der Waals surface area contributed by atoms with E-state index in [0.29, 0.717) is 37.1 Å². The molecule has 0 atom stereocenters. The van der Waals surface area contributed by atoms with E-state index in [9.17, 15) is 22.8 Å². The van der Waals surface area contributed by atoms with E-state index in [0.717, 1.165) is 16.6 Å². The van der Waals surface area contributed by atoms with Crippen LogP contribution in [-0.2, 0) is 22.3 Å². The summed E-state index contributed by atoms with van der Waals surface area (Å²) >= 11 is 3.33. The minimum absolute atomic E-state index is 0.0744. The maximum absolute atomic E-state index is 12.6. The Labute approximate surface area is 174 Å². The molecule has 4 nitrogen and oxygen atoms in total. The Bertz CT molecular complexity index is 858. The van der Waals surface area contributed by atoms with Crippen molar-refractivity contribution in [2.45, 2.75) is 25.6 Å². The van der Waals surface area contributed by atoms with Gasteiger partial charge >= 0.3 is 12.1 Å². The molecule has 8 heteroatoms. The van der Waals surface area contributed by atoms with Crippen LogP contribution in [0, 0.1) is 5.92 Å². The van der Waals surface area contributed by atoms with Crippen molar-refractivity contribution in [3.8, 4) is 0 Å². The second-order valence-electron chi connectivity index (χ2n) is 6.88. The Morgan fingerprint density at radius 3 is 2.14 bits per heavy atom. The maximum atomic E-state index is 12.6. The van der Waals surface area contributed by atoms with Gasteiger partial charge in [0.2, 0.25) is 0 Å². The van der Waals surface area contributed by atoms with Gasteiger partial charge in [0.05, 0.1) is 11.5 Å². The highest BCUT2D eigenvalue weighted by Crippen LogP contribution is 2.29. The first-order chi connectivity index (χ1) is 13.7. The molecule has 3 rings (SSSR count). The van der Waals surface area contributed by atoms with Gasteiger partial charge in [-0.3, -0.25) is 9.59 Å². The van der Waals surface area contributed by atoms with Gasteiger partial charge in [-0.25, -0.2) is 0 Å². The van der Waals surface area contributed by atoms with Crippen molar-refractivity contribution < 1.29 is 27.5 Å². The summed E-state index contributed by atoms with van der Waals surface area (Å²) in [6.45, 7) is 0.832. The molecule has 0 radical (unpaired) electrons. The van der Waals surface area contributed by atoms with Crippen LogP contribution in [0.5, 0.6) is 0 Å². The average Bonchev–Trinajstić information content (AvgIpc) is 2.72. The van der Waals surface area contributed by atoms with Crippen molar-refractivity contribution in [2.24, 2.45) is 5.92 Å². The number of halogens is 4. The number of nitrogens with zero attached hydrogens (tertiary/aromatic N) is 1. The summed E-state index contributed by atoms with van der Waals surface area (Å²) in [6.07, 6.45) is -3.40. The molecule has 0 aromatic heterocycles. The second kappa shape index (κ2) is 8.98. The highest BCUT2D eigenvalue weighted by Gasteiger charge is 2.30. The van der Waals surface area contributed by atoms with Crippen molar-refractivity contribution in [3.05, 3.63) is 69.7 Å². The van der Waals surface area contributed by atoms with Crippen molar-refractivity contribution >= 4 is 27.8 Å². The fourth-order valence-electron chi connectivity index (χ4n) is 3.16. The first-order valence-electron chi connectivity index (χ1n) is 9.11. The van der Waals surface area contributed by atoms with Crippen LogP contribution in [0.25, 0.3) is 0 Å². The number of rotatable bonds is 4. The summed E-state index contributed by atoms with van der Waals surface area (Å²) < 4.78 is 43.9. The average molecular weight is 470 g/mol. The summed E-state index contributed by atoms with van der Waals surface area (Å²) in [4.78, 5) is 26.5. The topological polar surface area (TPSA) is 46.6 Å². The van der Waals surface area contributed by atoms with E-state index in [2.05, 4.69) is 15.9 Å². The molecule has 29 heavy (non-hydrogen) atoms. The number of benzene rings is 2. The van der Waals surface area contributed by atoms with Gasteiger partial charge in [-0.2, -0.15) is 13.2 Å². The number of alkyl halides is 3. The summed E-state index contributed by atoms with van der Waals surface area (Å²) in [6, 6.07) is 11.6. The van der Waals surface area contributed by atoms with Gasteiger partial charge < -0.3 is 9.64 Å². The van der Waals surface area contributed by atoms with E-state index < -0.39 is 11.7 Å². The minimum atomic E-state index is -4.39. The monoisotopic (exact) mass is 469 g/mol. The van der Waals surface area contributed by atoms with Gasteiger partial charge in [-0.15, -0.1) is 0 Å². The Kier molecular flexibility index (Phi) is 6.62. The summed E-state index contributed by atoms with van der Waals surface area (Å²) in [5.74, 6) is -0.784. The maximum Gasteiger partial charge on any atom is 0.416 e. The third kappa shape index (κ3) is 5.59. The zero-order chi connectivity index (χ0) is 21.0. The van der Waals surface area contributed by atoms with Gasteiger partial charge in [0.25, 0.3) is 5.91 Å². The number of hydrogen-bond donors (Lipinski definition) is 0. The molecule has 1 saturated heterocycles. The van der Waals surface area contributed by atoms with Crippen molar-refractivity contribution in [3.63, 3.8) is 0 Å². The van der Waals surface area contributed by atoms with Crippen LogP contribution in [-0.4, -0.2) is 29.9 Å². The van der Waals surface area contributed by atoms with Gasteiger partial charge in [0.1, 0.15) is 6.61 Å². The molecule has 0 saturated carbocycles. The molecule has 1 amide bonds. The smallest absolute Gasteiger partial charge is 0.416 e. The Hall–Kier alpha value is -2.35. The number of amides is 1. The van der Waals surface area contributed by atoms with Gasteiger partial charge in [-0.1, -0.05) is 28.1 Å². The van der Waals surface area contributed by atoms with E-state index in [1.807, 2.05) is 0 Å². The molecule has 2 aromatic rings. The molecular formula is C21H19BrF3NO3. The first kappa shape index (κ1) is 21.4. The van der Waals surface area contributed by atoms with Crippen LogP contribution in [0.4, 0.5) is 13.2 Å². The lowest BCUT2D eigenvalue weighted by molar-refractivity contribution is -0.151. The Morgan fingerprint density at radius 1 is 1.00 bits per heavy atom. The molecule has 0 bridgehead atoms. The van der Waals surface area contributed by atoms with Crippen molar-refractivity contribution in [1.29, 1.82) is 0 Å². The van der Waals surface area contributed by atoms with Crippen LogP contribution in [0.15, 0.2) is 53.0 Å². The molecule has 1 heterocycles. The summed E-state index contributed by atoms with van der Waals surface area (Å²) in [7, 11) is 0. The van der Waals surface area contributed by atoms with E-state index >= 15 is 0 Å². The fraction of sp³-hybridized carbons (Fsp3) is 0.333. The largest absolute Gasteiger partial charge is 0.461 e. The van der Waals surface area contributed by atoms with Gasteiger partial charge in [-0.05, 0) is 54.8 Å². The van der Waals surface area contributed by atoms with Crippen LogP contribution in [0.2, 0.25) is 0 Å². The van der Waals surface area contributed by atoms with E-state index in [-0.39, 0.29) is 24.4 Å². The zero-order valence-corrected chi connectivity index (χ0v) is 17.0. The number of piperidine rings is 1. The molecule has 2 aromatic carbocycles. The molecule has 1 aliphatic rings. The predicted octanol–water partition coefficient (Wildman–Crippen LogP) is 5.06. The molecule has 0 aliphatic carbocycles. The van der Waals surface area contributed by atoms with Gasteiger partial charge in [0.15, 0.2) is 0 Å². The highest BCUT2D eigenvalue weighted by atomic mass is 79.9. The lowest BCUT2D eigenvalue weighted by Gasteiger charge is -2.31. The SMILES string of the molecule is O=C(OCc1ccc(C(F)(F)F)cc1)C1CCN(C(=O)c2ccc(Br)cc2)CC1. The second-order valence-corrected chi connectivity index (χ2v) is 7.79. The lowest BCUT2D eigenvalue weighted by Crippen LogP contribution is -2.40. The normalized spacial score (nSPS) is 15.2. The lowest BCUT2D eigenvalue weighted by atomic mass is 9.96. The van der Waals surface area contributed by atoms with Crippen LogP contribution < -0.4 is 0 Å². The summed E-state index contributed by atoms with van der Waals surface area (Å²) in [5, 5.41) is 0. The molecule has 1 aliphatic heterocycles. The Balaban J connectivity index is 1.47. The molecule has 0 N–H and O–H groups in total. The molecule has 0 spiro atoms. The predicted molar refractivity (Wildman–Crippen MR) is 104 cm³/mol. The third-order valence-corrected chi connectivity index (χ3v) is 5.40. The van der Waals surface area contributed by atoms with E-state index in [1.54, 1.807) is 29.2 Å². The number of esters is 1.